The first-order chi connectivity index (χ1) is 6.40. The molecule has 2 rings (SSSR count). The maximum absolute atomic E-state index is 5.44. The van der Waals surface area contributed by atoms with E-state index >= 15 is 0 Å². The van der Waals surface area contributed by atoms with Crippen LogP contribution in [0.4, 0.5) is 0 Å². The zero-order valence-corrected chi connectivity index (χ0v) is 7.75. The maximum Gasteiger partial charge on any atom is 0.133 e. The van der Waals surface area contributed by atoms with Crippen molar-refractivity contribution in [2.75, 3.05) is 6.54 Å². The molecule has 4 nitrogen and oxygen atoms in total. The van der Waals surface area contributed by atoms with E-state index in [1.54, 1.807) is 12.5 Å². The molecule has 5 heteroatoms. The number of hydrogen-bond donors (Lipinski definition) is 1. The Morgan fingerprint density at radius 1 is 1.54 bits per heavy atom. The van der Waals surface area contributed by atoms with Crippen LogP contribution < -0.4 is 5.73 Å². The largest absolute Gasteiger partial charge is 0.364 e. The zero-order valence-electron chi connectivity index (χ0n) is 6.93. The van der Waals surface area contributed by atoms with Crippen LogP contribution in [0.15, 0.2) is 23.0 Å². The monoisotopic (exact) mass is 195 g/mol. The summed E-state index contributed by atoms with van der Waals surface area (Å²) in [5, 5.41) is 3.62. The predicted molar refractivity (Wildman–Crippen MR) is 50.4 cm³/mol. The highest BCUT2D eigenvalue weighted by Crippen LogP contribution is 2.21. The van der Waals surface area contributed by atoms with Crippen LogP contribution in [0.25, 0.3) is 11.3 Å². The molecule has 68 valence electrons. The molecule has 0 aromatic carbocycles. The molecule has 2 aromatic heterocycles. The van der Waals surface area contributed by atoms with Crippen LogP contribution in [0, 0.1) is 0 Å². The quantitative estimate of drug-likeness (QED) is 0.801. The smallest absolute Gasteiger partial charge is 0.133 e. The average Bonchev–Trinajstić information content (AvgIpc) is 2.70. The molecule has 2 heterocycles. The Kier molecular flexibility index (Phi) is 2.37. The van der Waals surface area contributed by atoms with Gasteiger partial charge in [0.1, 0.15) is 6.26 Å². The standard InChI is InChI=1S/C8H9N3OS/c9-2-1-7-3-8(11-13-7)6-4-10-12-5-6/h3-5H,1-2,9H2. The summed E-state index contributed by atoms with van der Waals surface area (Å²) < 4.78 is 8.99. The maximum atomic E-state index is 5.44. The Balaban J connectivity index is 2.23. The van der Waals surface area contributed by atoms with E-state index in [0.29, 0.717) is 6.54 Å². The van der Waals surface area contributed by atoms with E-state index < -0.39 is 0 Å². The number of aromatic nitrogens is 2. The molecule has 0 aliphatic heterocycles. The Bertz CT molecular complexity index is 368. The third kappa shape index (κ3) is 1.76. The number of nitrogens with two attached hydrogens (primary N) is 1. The molecule has 0 saturated heterocycles. The fraction of sp³-hybridized carbons (Fsp3) is 0.250. The first kappa shape index (κ1) is 8.40. The molecule has 0 amide bonds. The van der Waals surface area contributed by atoms with Crippen LogP contribution in [0.2, 0.25) is 0 Å². The van der Waals surface area contributed by atoms with E-state index in [-0.39, 0.29) is 0 Å². The lowest BCUT2D eigenvalue weighted by molar-refractivity contribution is 0.420. The van der Waals surface area contributed by atoms with E-state index in [2.05, 4.69) is 9.53 Å². The minimum atomic E-state index is 0.658. The Hall–Kier alpha value is -1.20. The summed E-state index contributed by atoms with van der Waals surface area (Å²) in [7, 11) is 0. The van der Waals surface area contributed by atoms with Gasteiger partial charge >= 0.3 is 0 Å². The highest BCUT2D eigenvalue weighted by Gasteiger charge is 2.05. The summed E-state index contributed by atoms with van der Waals surface area (Å²) in [6.07, 6.45) is 4.12. The topological polar surface area (TPSA) is 64.9 Å². The molecule has 2 aromatic rings. The van der Waals surface area contributed by atoms with E-state index in [4.69, 9.17) is 10.3 Å². The van der Waals surface area contributed by atoms with Gasteiger partial charge in [-0.15, -0.1) is 0 Å². The Morgan fingerprint density at radius 3 is 3.15 bits per heavy atom. The normalized spacial score (nSPS) is 10.5. The van der Waals surface area contributed by atoms with Crippen LogP contribution >= 0.6 is 11.5 Å². The summed E-state index contributed by atoms with van der Waals surface area (Å²) in [6, 6.07) is 2.02. The molecule has 0 atom stereocenters. The van der Waals surface area contributed by atoms with E-state index in [1.165, 1.54) is 16.4 Å². The summed E-state index contributed by atoms with van der Waals surface area (Å²) in [6.45, 7) is 0.658. The molecule has 2 N–H and O–H groups in total. The second-order valence-corrected chi connectivity index (χ2v) is 3.52. The van der Waals surface area contributed by atoms with Crippen molar-refractivity contribution in [3.05, 3.63) is 23.4 Å². The third-order valence-electron chi connectivity index (χ3n) is 1.68. The molecule has 0 aliphatic rings. The van der Waals surface area contributed by atoms with Gasteiger partial charge in [0, 0.05) is 4.88 Å². The molecule has 0 aliphatic carbocycles. The molecule has 0 saturated carbocycles. The lowest BCUT2D eigenvalue weighted by atomic mass is 10.2. The summed E-state index contributed by atoms with van der Waals surface area (Å²) in [5.74, 6) is 0. The highest BCUT2D eigenvalue weighted by atomic mass is 32.1. The van der Waals surface area contributed by atoms with Crippen molar-refractivity contribution < 1.29 is 4.52 Å². The summed E-state index contributed by atoms with van der Waals surface area (Å²) in [5.41, 5.74) is 7.26. The van der Waals surface area contributed by atoms with E-state index in [0.717, 1.165) is 17.7 Å². The van der Waals surface area contributed by atoms with Crippen LogP contribution in [-0.2, 0) is 6.42 Å². The second-order valence-electron chi connectivity index (χ2n) is 2.63. The van der Waals surface area contributed by atoms with Gasteiger partial charge in [-0.05, 0) is 30.6 Å². The molecule has 13 heavy (non-hydrogen) atoms. The minimum Gasteiger partial charge on any atom is -0.364 e. The first-order valence-corrected chi connectivity index (χ1v) is 4.73. The van der Waals surface area contributed by atoms with Gasteiger partial charge in [-0.25, -0.2) is 0 Å². The number of nitrogens with zero attached hydrogens (tertiary/aromatic N) is 2. The Morgan fingerprint density at radius 2 is 2.46 bits per heavy atom. The third-order valence-corrected chi connectivity index (χ3v) is 2.52. The van der Waals surface area contributed by atoms with Gasteiger partial charge in [0.2, 0.25) is 0 Å². The first-order valence-electron chi connectivity index (χ1n) is 3.95. The minimum absolute atomic E-state index is 0.658. The molecular weight excluding hydrogens is 186 g/mol. The van der Waals surface area contributed by atoms with Gasteiger partial charge in [0.25, 0.3) is 0 Å². The van der Waals surface area contributed by atoms with Crippen molar-refractivity contribution in [2.24, 2.45) is 5.73 Å². The van der Waals surface area contributed by atoms with Crippen LogP contribution in [0.5, 0.6) is 0 Å². The van der Waals surface area contributed by atoms with Crippen molar-refractivity contribution in [1.29, 1.82) is 0 Å². The van der Waals surface area contributed by atoms with Crippen LogP contribution in [0.1, 0.15) is 4.88 Å². The van der Waals surface area contributed by atoms with E-state index in [1.807, 2.05) is 6.07 Å². The van der Waals surface area contributed by atoms with Gasteiger partial charge in [0.05, 0.1) is 17.5 Å². The fourth-order valence-corrected chi connectivity index (χ4v) is 1.79. The van der Waals surface area contributed by atoms with Gasteiger partial charge in [-0.3, -0.25) is 0 Å². The number of rotatable bonds is 3. The molecule has 0 fully saturated rings. The van der Waals surface area contributed by atoms with Gasteiger partial charge in [-0.2, -0.15) is 4.37 Å². The van der Waals surface area contributed by atoms with Crippen molar-refractivity contribution in [1.82, 2.24) is 9.53 Å². The predicted octanol–water partition coefficient (Wildman–Crippen LogP) is 1.30. The number of hydrogen-bond acceptors (Lipinski definition) is 5. The van der Waals surface area contributed by atoms with Gasteiger partial charge in [-0.1, -0.05) is 5.16 Å². The molecule has 0 unspecified atom stereocenters. The van der Waals surface area contributed by atoms with Gasteiger partial charge in [0.15, 0.2) is 0 Å². The van der Waals surface area contributed by atoms with Crippen molar-refractivity contribution >= 4 is 11.5 Å². The molecular formula is C8H9N3OS. The molecule has 0 bridgehead atoms. The van der Waals surface area contributed by atoms with Crippen LogP contribution in [-0.4, -0.2) is 16.1 Å². The van der Waals surface area contributed by atoms with Crippen molar-refractivity contribution in [3.8, 4) is 11.3 Å². The van der Waals surface area contributed by atoms with Gasteiger partial charge < -0.3 is 10.3 Å². The van der Waals surface area contributed by atoms with Crippen molar-refractivity contribution in [2.45, 2.75) is 6.42 Å². The average molecular weight is 195 g/mol. The lowest BCUT2D eigenvalue weighted by Crippen LogP contribution is -2.00. The van der Waals surface area contributed by atoms with Crippen LogP contribution in [0.3, 0.4) is 0 Å². The fourth-order valence-electron chi connectivity index (χ4n) is 1.04. The second kappa shape index (κ2) is 3.68. The molecule has 0 spiro atoms. The molecule has 0 radical (unpaired) electrons. The van der Waals surface area contributed by atoms with Crippen molar-refractivity contribution in [3.63, 3.8) is 0 Å². The lowest BCUT2D eigenvalue weighted by Gasteiger charge is -1.86. The summed E-state index contributed by atoms with van der Waals surface area (Å²) in [4.78, 5) is 1.19. The summed E-state index contributed by atoms with van der Waals surface area (Å²) >= 11 is 1.47. The zero-order chi connectivity index (χ0) is 9.10. The SMILES string of the molecule is NCCc1cc(-c2cnoc2)ns1. The Labute approximate surface area is 79.5 Å². The highest BCUT2D eigenvalue weighted by molar-refractivity contribution is 7.06. The van der Waals surface area contributed by atoms with E-state index in [9.17, 15) is 0 Å².